The molecule has 96 valence electrons. The largest absolute Gasteiger partial charge is 0.477 e. The second kappa shape index (κ2) is 6.60. The van der Waals surface area contributed by atoms with Gasteiger partial charge in [0.2, 0.25) is 5.88 Å². The van der Waals surface area contributed by atoms with Gasteiger partial charge in [-0.05, 0) is 37.8 Å². The summed E-state index contributed by atoms with van der Waals surface area (Å²) in [5, 5.41) is 0. The first-order chi connectivity index (χ1) is 8.08. The second-order valence-corrected chi connectivity index (χ2v) is 4.77. The minimum absolute atomic E-state index is 0.483. The van der Waals surface area contributed by atoms with Crippen molar-refractivity contribution in [1.82, 2.24) is 4.98 Å². The molecule has 0 aliphatic heterocycles. The van der Waals surface area contributed by atoms with Crippen LogP contribution in [0, 0.1) is 19.8 Å². The number of aryl methyl sites for hydroxylation is 2. The third kappa shape index (κ3) is 4.00. The summed E-state index contributed by atoms with van der Waals surface area (Å²) in [5.41, 5.74) is 8.92. The molecule has 0 amide bonds. The molecule has 0 radical (unpaired) electrons. The van der Waals surface area contributed by atoms with Gasteiger partial charge in [-0.15, -0.1) is 0 Å². The highest BCUT2D eigenvalue weighted by Crippen LogP contribution is 2.21. The van der Waals surface area contributed by atoms with Crippen LogP contribution in [0.15, 0.2) is 6.07 Å². The Morgan fingerprint density at radius 1 is 1.41 bits per heavy atom. The highest BCUT2D eigenvalue weighted by Gasteiger charge is 2.10. The van der Waals surface area contributed by atoms with Crippen LogP contribution in [0.1, 0.15) is 43.5 Å². The minimum atomic E-state index is 0.483. The molecule has 0 aliphatic carbocycles. The van der Waals surface area contributed by atoms with E-state index < -0.39 is 0 Å². The lowest BCUT2D eigenvalue weighted by Crippen LogP contribution is -2.13. The maximum Gasteiger partial charge on any atom is 0.218 e. The summed E-state index contributed by atoms with van der Waals surface area (Å²) >= 11 is 0. The molecule has 2 N–H and O–H groups in total. The Hall–Kier alpha value is -1.09. The van der Waals surface area contributed by atoms with E-state index >= 15 is 0 Å². The first kappa shape index (κ1) is 14.0. The van der Waals surface area contributed by atoms with Crippen LogP contribution in [0.5, 0.6) is 5.88 Å². The van der Waals surface area contributed by atoms with Crippen molar-refractivity contribution in [3.05, 3.63) is 22.9 Å². The van der Waals surface area contributed by atoms with Crippen molar-refractivity contribution < 1.29 is 4.74 Å². The Bertz CT molecular complexity index is 363. The van der Waals surface area contributed by atoms with Crippen LogP contribution in [0.3, 0.4) is 0 Å². The van der Waals surface area contributed by atoms with E-state index in [1.54, 1.807) is 0 Å². The van der Waals surface area contributed by atoms with Crippen LogP contribution in [-0.2, 0) is 6.54 Å². The van der Waals surface area contributed by atoms with Crippen LogP contribution in [-0.4, -0.2) is 11.6 Å². The topological polar surface area (TPSA) is 48.1 Å². The number of rotatable bonds is 6. The molecule has 0 bridgehead atoms. The highest BCUT2D eigenvalue weighted by atomic mass is 16.5. The molecule has 0 aliphatic rings. The lowest BCUT2D eigenvalue weighted by molar-refractivity contribution is 0.240. The second-order valence-electron chi connectivity index (χ2n) is 4.77. The Morgan fingerprint density at radius 3 is 2.71 bits per heavy atom. The molecule has 0 aromatic carbocycles. The van der Waals surface area contributed by atoms with E-state index in [4.69, 9.17) is 10.5 Å². The van der Waals surface area contributed by atoms with Crippen LogP contribution in [0.4, 0.5) is 0 Å². The Kier molecular flexibility index (Phi) is 5.42. The van der Waals surface area contributed by atoms with Gasteiger partial charge < -0.3 is 10.5 Å². The van der Waals surface area contributed by atoms with Gasteiger partial charge in [0.05, 0.1) is 6.61 Å². The molecule has 3 nitrogen and oxygen atoms in total. The van der Waals surface area contributed by atoms with Crippen molar-refractivity contribution in [3.63, 3.8) is 0 Å². The van der Waals surface area contributed by atoms with Crippen LogP contribution in [0.25, 0.3) is 0 Å². The fourth-order valence-corrected chi connectivity index (χ4v) is 1.99. The third-order valence-electron chi connectivity index (χ3n) is 2.93. The molecule has 1 aromatic heterocycles. The lowest BCUT2D eigenvalue weighted by atomic mass is 10.1. The molecule has 17 heavy (non-hydrogen) atoms. The van der Waals surface area contributed by atoms with Gasteiger partial charge in [0.1, 0.15) is 0 Å². The number of hydrogen-bond acceptors (Lipinski definition) is 3. The average Bonchev–Trinajstić information content (AvgIpc) is 2.26. The number of hydrogen-bond donors (Lipinski definition) is 1. The molecule has 0 spiro atoms. The first-order valence-electron chi connectivity index (χ1n) is 6.38. The van der Waals surface area contributed by atoms with Crippen molar-refractivity contribution in [2.24, 2.45) is 11.7 Å². The molecule has 1 aromatic rings. The summed E-state index contributed by atoms with van der Waals surface area (Å²) in [6.07, 6.45) is 2.37. The summed E-state index contributed by atoms with van der Waals surface area (Å²) in [6.45, 7) is 9.63. The normalized spacial score (nSPS) is 12.5. The van der Waals surface area contributed by atoms with Crippen molar-refractivity contribution >= 4 is 0 Å². The molecule has 3 heteroatoms. The van der Waals surface area contributed by atoms with E-state index in [2.05, 4.69) is 25.8 Å². The minimum Gasteiger partial charge on any atom is -0.477 e. The number of aromatic nitrogens is 1. The van der Waals surface area contributed by atoms with Crippen LogP contribution in [0.2, 0.25) is 0 Å². The highest BCUT2D eigenvalue weighted by molar-refractivity contribution is 5.35. The van der Waals surface area contributed by atoms with E-state index in [-0.39, 0.29) is 0 Å². The van der Waals surface area contributed by atoms with Crippen molar-refractivity contribution in [1.29, 1.82) is 0 Å². The Labute approximate surface area is 104 Å². The van der Waals surface area contributed by atoms with Crippen molar-refractivity contribution in [3.8, 4) is 5.88 Å². The number of ether oxygens (including phenoxy) is 1. The fourth-order valence-electron chi connectivity index (χ4n) is 1.99. The zero-order valence-corrected chi connectivity index (χ0v) is 11.4. The monoisotopic (exact) mass is 236 g/mol. The van der Waals surface area contributed by atoms with Gasteiger partial charge in [0, 0.05) is 17.8 Å². The quantitative estimate of drug-likeness (QED) is 0.826. The predicted octanol–water partition coefficient (Wildman–Crippen LogP) is 2.97. The molecule has 1 heterocycles. The smallest absolute Gasteiger partial charge is 0.218 e. The molecule has 1 unspecified atom stereocenters. The Morgan fingerprint density at radius 2 is 2.12 bits per heavy atom. The summed E-state index contributed by atoms with van der Waals surface area (Å²) in [5.74, 6) is 1.28. The number of nitrogens with two attached hydrogens (primary N) is 1. The standard InChI is InChI=1S/C14H24N2O/c1-5-6-10(2)9-17-14-13(8-15)11(3)7-12(4)16-14/h7,10H,5-6,8-9,15H2,1-4H3. The summed E-state index contributed by atoms with van der Waals surface area (Å²) < 4.78 is 5.81. The third-order valence-corrected chi connectivity index (χ3v) is 2.93. The molecule has 0 fully saturated rings. The molecular formula is C14H24N2O. The van der Waals surface area contributed by atoms with E-state index in [0.29, 0.717) is 18.3 Å². The van der Waals surface area contributed by atoms with Gasteiger partial charge in [-0.1, -0.05) is 20.3 Å². The van der Waals surface area contributed by atoms with Crippen molar-refractivity contribution in [2.45, 2.75) is 47.1 Å². The van der Waals surface area contributed by atoms with E-state index in [1.165, 1.54) is 12.8 Å². The van der Waals surface area contributed by atoms with Gasteiger partial charge >= 0.3 is 0 Å². The molecule has 1 atom stereocenters. The Balaban J connectivity index is 2.75. The van der Waals surface area contributed by atoms with Gasteiger partial charge in [-0.3, -0.25) is 0 Å². The van der Waals surface area contributed by atoms with Gasteiger partial charge in [-0.2, -0.15) is 0 Å². The number of nitrogens with zero attached hydrogens (tertiary/aromatic N) is 1. The number of pyridine rings is 1. The zero-order valence-electron chi connectivity index (χ0n) is 11.4. The predicted molar refractivity (Wildman–Crippen MR) is 71.2 cm³/mol. The maximum atomic E-state index is 5.81. The average molecular weight is 236 g/mol. The SMILES string of the molecule is CCCC(C)COc1nc(C)cc(C)c1CN. The van der Waals surface area contributed by atoms with Crippen LogP contribution < -0.4 is 10.5 Å². The van der Waals surface area contributed by atoms with Gasteiger partial charge in [0.25, 0.3) is 0 Å². The van der Waals surface area contributed by atoms with Gasteiger partial charge in [-0.25, -0.2) is 4.98 Å². The summed E-state index contributed by atoms with van der Waals surface area (Å²) in [4.78, 5) is 4.43. The fraction of sp³-hybridized carbons (Fsp3) is 0.643. The maximum absolute atomic E-state index is 5.81. The van der Waals surface area contributed by atoms with Gasteiger partial charge in [0.15, 0.2) is 0 Å². The van der Waals surface area contributed by atoms with E-state index in [9.17, 15) is 0 Å². The first-order valence-corrected chi connectivity index (χ1v) is 6.38. The van der Waals surface area contributed by atoms with Crippen molar-refractivity contribution in [2.75, 3.05) is 6.61 Å². The molecule has 0 saturated carbocycles. The lowest BCUT2D eigenvalue weighted by Gasteiger charge is -2.15. The molecule has 1 rings (SSSR count). The summed E-state index contributed by atoms with van der Waals surface area (Å²) in [6, 6.07) is 2.05. The molecule has 0 saturated heterocycles. The van der Waals surface area contributed by atoms with E-state index in [1.807, 2.05) is 13.0 Å². The zero-order chi connectivity index (χ0) is 12.8. The summed E-state index contributed by atoms with van der Waals surface area (Å²) in [7, 11) is 0. The van der Waals surface area contributed by atoms with Crippen LogP contribution >= 0.6 is 0 Å². The van der Waals surface area contributed by atoms with E-state index in [0.717, 1.165) is 23.4 Å². The molecular weight excluding hydrogens is 212 g/mol.